The number of carbonyl (C=O) groups excluding carboxylic acids is 3. The third-order valence-corrected chi connectivity index (χ3v) is 8.83. The van der Waals surface area contributed by atoms with Crippen LogP contribution < -0.4 is 10.6 Å². The van der Waals surface area contributed by atoms with E-state index < -0.39 is 58.0 Å². The number of aromatic hydroxyl groups is 1. The fourth-order valence-corrected chi connectivity index (χ4v) is 6.87. The van der Waals surface area contributed by atoms with Gasteiger partial charge in [0.1, 0.15) is 22.8 Å². The lowest BCUT2D eigenvalue weighted by molar-refractivity contribution is -0.153. The maximum atomic E-state index is 14.1. The molecule has 0 bridgehead atoms. The first-order valence-electron chi connectivity index (χ1n) is 13.6. The minimum atomic E-state index is -2.67. The Kier molecular flexibility index (Phi) is 6.74. The minimum absolute atomic E-state index is 0.0414. The highest BCUT2D eigenvalue weighted by Crippen LogP contribution is 2.54. The molecule has 0 heterocycles. The fraction of sp³-hybridized carbons (Fsp3) is 0.387. The van der Waals surface area contributed by atoms with Crippen molar-refractivity contribution in [2.45, 2.75) is 37.8 Å². The van der Waals surface area contributed by atoms with Crippen molar-refractivity contribution in [2.24, 2.45) is 17.6 Å². The molecule has 1 fully saturated rings. The topological polar surface area (TPSA) is 165 Å². The zero-order valence-electron chi connectivity index (χ0n) is 23.7. The zero-order chi connectivity index (χ0) is 30.1. The summed E-state index contributed by atoms with van der Waals surface area (Å²) in [6, 6.07) is 8.39. The third-order valence-electron chi connectivity index (χ3n) is 8.83. The predicted octanol–water partition coefficient (Wildman–Crippen LogP) is 2.26. The summed E-state index contributed by atoms with van der Waals surface area (Å²) in [6.45, 7) is 2.02. The number of benzene rings is 2. The van der Waals surface area contributed by atoms with Crippen LogP contribution in [-0.2, 0) is 27.2 Å². The molecule has 5 rings (SSSR count). The number of aliphatic hydroxyl groups is 3. The zero-order valence-corrected chi connectivity index (χ0v) is 23.7. The Morgan fingerprint density at radius 1 is 1.10 bits per heavy atom. The number of likely N-dealkylation sites (N-methyl/N-ethyl adjacent to an activating group) is 1. The maximum Gasteiger partial charge on any atom is 0.255 e. The van der Waals surface area contributed by atoms with Crippen LogP contribution in [0.15, 0.2) is 47.2 Å². The number of carbonyl (C=O) groups is 3. The monoisotopic (exact) mass is 561 g/mol. The Labute approximate surface area is 238 Å². The lowest BCUT2D eigenvalue weighted by Gasteiger charge is -2.50. The second-order valence-electron chi connectivity index (χ2n) is 11.6. The van der Waals surface area contributed by atoms with Crippen molar-refractivity contribution in [3.8, 4) is 16.9 Å². The molecule has 1 amide bonds. The Bertz CT molecular complexity index is 1570. The molecule has 0 radical (unpaired) electrons. The van der Waals surface area contributed by atoms with E-state index >= 15 is 0 Å². The summed E-state index contributed by atoms with van der Waals surface area (Å²) in [5, 5.41) is 46.1. The molecular weight excluding hydrogens is 526 g/mol. The molecule has 41 heavy (non-hydrogen) atoms. The highest BCUT2D eigenvalue weighted by atomic mass is 16.3. The van der Waals surface area contributed by atoms with Crippen molar-refractivity contribution >= 4 is 28.9 Å². The third kappa shape index (κ3) is 3.96. The minimum Gasteiger partial charge on any atom is -0.508 e. The first-order valence-corrected chi connectivity index (χ1v) is 13.6. The van der Waals surface area contributed by atoms with Crippen molar-refractivity contribution < 1.29 is 34.8 Å². The number of rotatable bonds is 5. The molecule has 3 aliphatic rings. The van der Waals surface area contributed by atoms with Crippen LogP contribution >= 0.6 is 0 Å². The average molecular weight is 562 g/mol. The average Bonchev–Trinajstić information content (AvgIpc) is 2.90. The molecule has 0 spiro atoms. The lowest BCUT2D eigenvalue weighted by atomic mass is 9.57. The summed E-state index contributed by atoms with van der Waals surface area (Å²) in [5.74, 6) is -6.64. The van der Waals surface area contributed by atoms with E-state index in [0.29, 0.717) is 11.1 Å². The summed E-state index contributed by atoms with van der Waals surface area (Å²) in [7, 11) is 6.83. The number of nitrogens with zero attached hydrogens (tertiary/aromatic N) is 2. The van der Waals surface area contributed by atoms with Gasteiger partial charge in [-0.15, -0.1) is 0 Å². The summed E-state index contributed by atoms with van der Waals surface area (Å²) in [6.07, 6.45) is 1.05. The van der Waals surface area contributed by atoms with E-state index in [2.05, 4.69) is 0 Å². The van der Waals surface area contributed by atoms with Gasteiger partial charge in [0.25, 0.3) is 5.91 Å². The van der Waals surface area contributed by atoms with Crippen molar-refractivity contribution in [1.29, 1.82) is 0 Å². The van der Waals surface area contributed by atoms with E-state index in [1.807, 2.05) is 56.3 Å². The lowest BCUT2D eigenvalue weighted by Crippen LogP contribution is -2.65. The van der Waals surface area contributed by atoms with Crippen molar-refractivity contribution in [2.75, 3.05) is 33.1 Å². The quantitative estimate of drug-likeness (QED) is 0.344. The van der Waals surface area contributed by atoms with E-state index in [9.17, 15) is 34.8 Å². The number of aryl methyl sites for hydroxylation is 1. The van der Waals surface area contributed by atoms with Gasteiger partial charge in [-0.2, -0.15) is 0 Å². The number of phenols is 1. The Morgan fingerprint density at radius 2 is 1.78 bits per heavy atom. The smallest absolute Gasteiger partial charge is 0.255 e. The number of primary amides is 1. The van der Waals surface area contributed by atoms with Crippen LogP contribution in [0, 0.1) is 11.8 Å². The van der Waals surface area contributed by atoms with Crippen LogP contribution in [0.4, 0.5) is 5.69 Å². The molecule has 0 saturated heterocycles. The normalized spacial score (nSPS) is 25.7. The molecule has 0 aliphatic heterocycles. The molecule has 4 atom stereocenters. The molecule has 0 aromatic heterocycles. The van der Waals surface area contributed by atoms with Gasteiger partial charge in [-0.05, 0) is 62.0 Å². The number of hydrogen-bond acceptors (Lipinski definition) is 9. The fourth-order valence-electron chi connectivity index (χ4n) is 6.87. The number of anilines is 1. The van der Waals surface area contributed by atoms with Gasteiger partial charge in [0.2, 0.25) is 5.78 Å². The van der Waals surface area contributed by atoms with Crippen molar-refractivity contribution in [3.05, 3.63) is 63.9 Å². The highest BCUT2D eigenvalue weighted by molar-refractivity contribution is 6.24. The largest absolute Gasteiger partial charge is 0.508 e. The van der Waals surface area contributed by atoms with Gasteiger partial charge in [-0.3, -0.25) is 19.3 Å². The number of Topliss-reactive ketones (excluding diaryl/α,β-unsaturated/α-hetero) is 2. The summed E-state index contributed by atoms with van der Waals surface area (Å²) >= 11 is 0. The van der Waals surface area contributed by atoms with Crippen LogP contribution in [0.25, 0.3) is 16.9 Å². The standard InChI is InChI=1S/C31H35N3O7/c1-6-14-8-7-9-15(10-14)17-13-20(33(2)3)18-11-16-12-19-24(34(4)5)27(37)23(30(32)40)29(39)31(19,41)28(38)21(16)26(36)22(18)25(17)35/h7-10,13,16,19,24,35-36,39,41H,6,11-12H2,1-5H3,(H2,32,40)/t16-,19-,24-,31-/m0/s1. The molecule has 6 N–H and O–H groups in total. The maximum absolute atomic E-state index is 14.1. The molecule has 216 valence electrons. The van der Waals surface area contributed by atoms with Gasteiger partial charge in [0.15, 0.2) is 11.4 Å². The van der Waals surface area contributed by atoms with Crippen LogP contribution in [-0.4, -0.2) is 82.6 Å². The second kappa shape index (κ2) is 9.74. The van der Waals surface area contributed by atoms with Gasteiger partial charge < -0.3 is 31.1 Å². The number of nitrogens with two attached hydrogens (primary N) is 1. The van der Waals surface area contributed by atoms with E-state index in [-0.39, 0.29) is 29.7 Å². The van der Waals surface area contributed by atoms with E-state index in [1.165, 1.54) is 4.90 Å². The van der Waals surface area contributed by atoms with Crippen LogP contribution in [0.2, 0.25) is 0 Å². The highest BCUT2D eigenvalue weighted by Gasteiger charge is 2.64. The van der Waals surface area contributed by atoms with Gasteiger partial charge >= 0.3 is 0 Å². The van der Waals surface area contributed by atoms with Crippen LogP contribution in [0.3, 0.4) is 0 Å². The number of hydrogen-bond donors (Lipinski definition) is 5. The number of aliphatic hydroxyl groups excluding tert-OH is 2. The first kappa shape index (κ1) is 28.4. The molecular formula is C31H35N3O7. The number of ketones is 2. The van der Waals surface area contributed by atoms with Crippen LogP contribution in [0.5, 0.6) is 5.75 Å². The van der Waals surface area contributed by atoms with E-state index in [0.717, 1.165) is 23.2 Å². The molecule has 3 aliphatic carbocycles. The van der Waals surface area contributed by atoms with Crippen LogP contribution in [0.1, 0.15) is 30.0 Å². The second-order valence-corrected chi connectivity index (χ2v) is 11.6. The van der Waals surface area contributed by atoms with Gasteiger partial charge in [-0.1, -0.05) is 31.2 Å². The van der Waals surface area contributed by atoms with E-state index in [1.54, 1.807) is 14.1 Å². The Hall–Kier alpha value is -4.15. The van der Waals surface area contributed by atoms with E-state index in [4.69, 9.17) is 5.73 Å². The Morgan fingerprint density at radius 3 is 2.37 bits per heavy atom. The molecule has 2 aromatic rings. The molecule has 0 unspecified atom stereocenters. The van der Waals surface area contributed by atoms with Gasteiger partial charge in [-0.25, -0.2) is 0 Å². The predicted molar refractivity (Wildman–Crippen MR) is 153 cm³/mol. The SMILES string of the molecule is CCc1cccc(-c2cc(N(C)C)c3c(c2O)C(O)=C2C(=O)[C@]4(O)C(O)=C(C(N)=O)C(=O)[C@@H](N(C)C)[C@@H]4C[C@@H]2C3)c1. The molecule has 10 heteroatoms. The summed E-state index contributed by atoms with van der Waals surface area (Å²) in [4.78, 5) is 42.9. The number of fused-ring (bicyclic) bond motifs is 3. The van der Waals surface area contributed by atoms with Crippen molar-refractivity contribution in [1.82, 2.24) is 4.90 Å². The molecule has 2 aromatic carbocycles. The molecule has 10 nitrogen and oxygen atoms in total. The first-order chi connectivity index (χ1) is 19.2. The summed E-state index contributed by atoms with van der Waals surface area (Å²) in [5.41, 5.74) is 5.40. The summed E-state index contributed by atoms with van der Waals surface area (Å²) < 4.78 is 0. The molecule has 1 saturated carbocycles. The Balaban J connectivity index is 1.77. The number of amides is 1. The van der Waals surface area contributed by atoms with Crippen molar-refractivity contribution in [3.63, 3.8) is 0 Å². The number of phenolic OH excluding ortho intramolecular Hbond substituents is 1. The van der Waals surface area contributed by atoms with Gasteiger partial charge in [0, 0.05) is 36.8 Å². The van der Waals surface area contributed by atoms with Gasteiger partial charge in [0.05, 0.1) is 11.6 Å².